The summed E-state index contributed by atoms with van der Waals surface area (Å²) in [6, 6.07) is 15.8. The zero-order valence-corrected chi connectivity index (χ0v) is 13.1. The Morgan fingerprint density at radius 1 is 0.958 bits per heavy atom. The molecule has 0 aliphatic carbocycles. The van der Waals surface area contributed by atoms with Gasteiger partial charge in [0.2, 0.25) is 0 Å². The average molecular weight is 347 g/mol. The topological polar surface area (TPSA) is 29.1 Å². The molecule has 0 radical (unpaired) electrons. The maximum atomic E-state index is 12.8. The van der Waals surface area contributed by atoms with E-state index in [4.69, 9.17) is 0 Å². The lowest BCUT2D eigenvalue weighted by Gasteiger charge is -2.10. The number of amides is 1. The van der Waals surface area contributed by atoms with Crippen LogP contribution in [0.3, 0.4) is 0 Å². The molecule has 0 bridgehead atoms. The van der Waals surface area contributed by atoms with Crippen molar-refractivity contribution in [2.24, 2.45) is 0 Å². The number of benzene rings is 2. The second kappa shape index (κ2) is 6.49. The predicted octanol–water partition coefficient (Wildman–Crippen LogP) is 5.69. The molecule has 6 heteroatoms. The summed E-state index contributed by atoms with van der Waals surface area (Å²) >= 11 is 1.25. The first kappa shape index (κ1) is 16.3. The number of nitrogens with one attached hydrogen (secondary N) is 1. The first-order chi connectivity index (χ1) is 11.4. The van der Waals surface area contributed by atoms with Crippen LogP contribution in [0.2, 0.25) is 0 Å². The molecule has 3 rings (SSSR count). The Labute approximate surface area is 140 Å². The summed E-state index contributed by atoms with van der Waals surface area (Å²) < 4.78 is 38.3. The number of hydrogen-bond acceptors (Lipinski definition) is 2. The lowest BCUT2D eigenvalue weighted by atomic mass is 10.1. The van der Waals surface area contributed by atoms with Gasteiger partial charge in [-0.2, -0.15) is 13.2 Å². The van der Waals surface area contributed by atoms with E-state index >= 15 is 0 Å². The Morgan fingerprint density at radius 2 is 1.71 bits per heavy atom. The van der Waals surface area contributed by atoms with Crippen LogP contribution < -0.4 is 5.32 Å². The van der Waals surface area contributed by atoms with E-state index in [2.05, 4.69) is 5.32 Å². The van der Waals surface area contributed by atoms with E-state index in [0.717, 1.165) is 23.3 Å². The quantitative estimate of drug-likeness (QED) is 0.648. The van der Waals surface area contributed by atoms with Crippen LogP contribution in [0.1, 0.15) is 15.2 Å². The highest BCUT2D eigenvalue weighted by atomic mass is 32.1. The molecule has 0 atom stereocenters. The molecule has 0 unspecified atom stereocenters. The molecule has 24 heavy (non-hydrogen) atoms. The minimum Gasteiger partial charge on any atom is -0.321 e. The maximum Gasteiger partial charge on any atom is 0.416 e. The van der Waals surface area contributed by atoms with Gasteiger partial charge in [0.1, 0.15) is 0 Å². The van der Waals surface area contributed by atoms with Gasteiger partial charge in [-0.3, -0.25) is 4.79 Å². The van der Waals surface area contributed by atoms with Crippen LogP contribution in [0.5, 0.6) is 0 Å². The van der Waals surface area contributed by atoms with Crippen molar-refractivity contribution in [1.82, 2.24) is 0 Å². The lowest BCUT2D eigenvalue weighted by Crippen LogP contribution is -2.12. The van der Waals surface area contributed by atoms with Gasteiger partial charge in [0.15, 0.2) is 0 Å². The third kappa shape index (κ3) is 3.49. The second-order valence-corrected chi connectivity index (χ2v) is 5.98. The fraction of sp³-hybridized carbons (Fsp3) is 0.0556. The molecule has 1 heterocycles. The fourth-order valence-electron chi connectivity index (χ4n) is 2.29. The van der Waals surface area contributed by atoms with Crippen LogP contribution in [0, 0.1) is 0 Å². The molecular weight excluding hydrogens is 335 g/mol. The molecule has 1 amide bonds. The SMILES string of the molecule is O=C(Nc1cccc(C(F)(F)F)c1)c1sccc1-c1ccccc1. The molecule has 0 spiro atoms. The zero-order chi connectivity index (χ0) is 17.2. The van der Waals surface area contributed by atoms with Gasteiger partial charge in [0, 0.05) is 11.3 Å². The smallest absolute Gasteiger partial charge is 0.321 e. The Kier molecular flexibility index (Phi) is 4.40. The number of hydrogen-bond donors (Lipinski definition) is 1. The molecule has 0 saturated carbocycles. The molecule has 0 saturated heterocycles. The number of carbonyl (C=O) groups excluding carboxylic acids is 1. The number of thiophene rings is 1. The van der Waals surface area contributed by atoms with E-state index in [-0.39, 0.29) is 5.69 Å². The van der Waals surface area contributed by atoms with Crippen molar-refractivity contribution in [1.29, 1.82) is 0 Å². The van der Waals surface area contributed by atoms with Crippen molar-refractivity contribution in [3.63, 3.8) is 0 Å². The Morgan fingerprint density at radius 3 is 2.42 bits per heavy atom. The van der Waals surface area contributed by atoms with Gasteiger partial charge in [-0.25, -0.2) is 0 Å². The summed E-state index contributed by atoms with van der Waals surface area (Å²) in [5.41, 5.74) is 0.954. The predicted molar refractivity (Wildman–Crippen MR) is 89.2 cm³/mol. The van der Waals surface area contributed by atoms with Crippen LogP contribution in [0.4, 0.5) is 18.9 Å². The van der Waals surface area contributed by atoms with Crippen molar-refractivity contribution < 1.29 is 18.0 Å². The largest absolute Gasteiger partial charge is 0.416 e. The van der Waals surface area contributed by atoms with Crippen LogP contribution in [0.25, 0.3) is 11.1 Å². The van der Waals surface area contributed by atoms with E-state index in [0.29, 0.717) is 4.88 Å². The number of anilines is 1. The van der Waals surface area contributed by atoms with E-state index in [1.165, 1.54) is 23.5 Å². The first-order valence-corrected chi connectivity index (χ1v) is 7.94. The third-order valence-electron chi connectivity index (χ3n) is 3.40. The Bertz CT molecular complexity index is 856. The standard InChI is InChI=1S/C18H12F3NOS/c19-18(20,21)13-7-4-8-14(11-13)22-17(23)16-15(9-10-24-16)12-5-2-1-3-6-12/h1-11H,(H,22,23). The van der Waals surface area contributed by atoms with Gasteiger partial charge in [0.25, 0.3) is 5.91 Å². The average Bonchev–Trinajstić information content (AvgIpc) is 3.05. The maximum absolute atomic E-state index is 12.8. The highest BCUT2D eigenvalue weighted by Gasteiger charge is 2.30. The van der Waals surface area contributed by atoms with Crippen molar-refractivity contribution in [3.05, 3.63) is 76.5 Å². The van der Waals surface area contributed by atoms with Crippen molar-refractivity contribution >= 4 is 22.9 Å². The van der Waals surface area contributed by atoms with E-state index < -0.39 is 17.6 Å². The fourth-order valence-corrected chi connectivity index (χ4v) is 3.10. The summed E-state index contributed by atoms with van der Waals surface area (Å²) in [5.74, 6) is -0.428. The van der Waals surface area contributed by atoms with Gasteiger partial charge in [0.05, 0.1) is 10.4 Å². The summed E-state index contributed by atoms with van der Waals surface area (Å²) in [7, 11) is 0. The highest BCUT2D eigenvalue weighted by molar-refractivity contribution is 7.12. The molecule has 0 aliphatic heterocycles. The first-order valence-electron chi connectivity index (χ1n) is 7.06. The minimum atomic E-state index is -4.45. The van der Waals surface area contributed by atoms with Gasteiger partial charge in [-0.1, -0.05) is 36.4 Å². The molecular formula is C18H12F3NOS. The van der Waals surface area contributed by atoms with Crippen molar-refractivity contribution in [2.45, 2.75) is 6.18 Å². The number of halogens is 3. The number of alkyl halides is 3. The summed E-state index contributed by atoms with van der Waals surface area (Å²) in [4.78, 5) is 12.9. The summed E-state index contributed by atoms with van der Waals surface area (Å²) in [6.07, 6.45) is -4.45. The van der Waals surface area contributed by atoms with Gasteiger partial charge < -0.3 is 5.32 Å². The Hall–Kier alpha value is -2.60. The van der Waals surface area contributed by atoms with E-state index in [1.54, 1.807) is 5.38 Å². The molecule has 0 fully saturated rings. The molecule has 3 aromatic rings. The van der Waals surface area contributed by atoms with Gasteiger partial charge in [-0.05, 0) is 35.2 Å². The van der Waals surface area contributed by atoms with Gasteiger partial charge >= 0.3 is 6.18 Å². The molecule has 2 nitrogen and oxygen atoms in total. The second-order valence-electron chi connectivity index (χ2n) is 5.06. The summed E-state index contributed by atoms with van der Waals surface area (Å²) in [5, 5.41) is 4.32. The van der Waals surface area contributed by atoms with Crippen molar-refractivity contribution in [3.8, 4) is 11.1 Å². The van der Waals surface area contributed by atoms with Crippen LogP contribution in [0.15, 0.2) is 66.0 Å². The molecule has 122 valence electrons. The molecule has 0 aliphatic rings. The number of rotatable bonds is 3. The monoisotopic (exact) mass is 347 g/mol. The molecule has 1 aromatic heterocycles. The molecule has 2 aromatic carbocycles. The minimum absolute atomic E-state index is 0.113. The summed E-state index contributed by atoms with van der Waals surface area (Å²) in [6.45, 7) is 0. The zero-order valence-electron chi connectivity index (χ0n) is 12.3. The Balaban J connectivity index is 1.86. The van der Waals surface area contributed by atoms with Crippen LogP contribution in [-0.2, 0) is 6.18 Å². The third-order valence-corrected chi connectivity index (χ3v) is 4.32. The number of carbonyl (C=O) groups is 1. The van der Waals surface area contributed by atoms with Crippen LogP contribution >= 0.6 is 11.3 Å². The lowest BCUT2D eigenvalue weighted by molar-refractivity contribution is -0.137. The van der Waals surface area contributed by atoms with E-state index in [1.807, 2.05) is 36.4 Å². The van der Waals surface area contributed by atoms with Crippen LogP contribution in [-0.4, -0.2) is 5.91 Å². The van der Waals surface area contributed by atoms with Gasteiger partial charge in [-0.15, -0.1) is 11.3 Å². The van der Waals surface area contributed by atoms with E-state index in [9.17, 15) is 18.0 Å². The van der Waals surface area contributed by atoms with Crippen molar-refractivity contribution in [2.75, 3.05) is 5.32 Å². The normalized spacial score (nSPS) is 11.3. The molecule has 1 N–H and O–H groups in total. The highest BCUT2D eigenvalue weighted by Crippen LogP contribution is 2.32.